The fourth-order valence-electron chi connectivity index (χ4n) is 1.34. The normalized spacial score (nSPS) is 10.4. The van der Waals surface area contributed by atoms with E-state index in [4.69, 9.17) is 23.2 Å². The molecule has 0 radical (unpaired) electrons. The average Bonchev–Trinajstić information content (AvgIpc) is 2.17. The molecule has 0 atom stereocenters. The first-order valence-electron chi connectivity index (χ1n) is 4.81. The molecule has 1 rings (SSSR count). The van der Waals surface area contributed by atoms with Crippen LogP contribution in [-0.2, 0) is 0 Å². The van der Waals surface area contributed by atoms with Crippen molar-refractivity contribution < 1.29 is 0 Å². The molecule has 84 valence electrons. The lowest BCUT2D eigenvalue weighted by Crippen LogP contribution is -2.27. The SMILES string of the molecule is CCCN(CCBr)c1ncc(Cl)cc1Cl. The molecule has 0 unspecified atom stereocenters. The van der Waals surface area contributed by atoms with Gasteiger partial charge < -0.3 is 4.90 Å². The van der Waals surface area contributed by atoms with Crippen LogP contribution in [0, 0.1) is 0 Å². The Hall–Kier alpha value is 0.01000. The van der Waals surface area contributed by atoms with E-state index in [2.05, 4.69) is 32.7 Å². The third-order valence-electron chi connectivity index (χ3n) is 1.94. The van der Waals surface area contributed by atoms with Gasteiger partial charge in [0.05, 0.1) is 10.0 Å². The molecular formula is C10H13BrCl2N2. The summed E-state index contributed by atoms with van der Waals surface area (Å²) in [5, 5.41) is 2.07. The van der Waals surface area contributed by atoms with Crippen molar-refractivity contribution in [3.05, 3.63) is 22.3 Å². The zero-order valence-electron chi connectivity index (χ0n) is 8.51. The third kappa shape index (κ3) is 3.82. The molecule has 0 bridgehead atoms. The molecule has 1 aromatic heterocycles. The van der Waals surface area contributed by atoms with Crippen LogP contribution in [0.3, 0.4) is 0 Å². The summed E-state index contributed by atoms with van der Waals surface area (Å²) in [5.41, 5.74) is 0. The largest absolute Gasteiger partial charge is 0.355 e. The van der Waals surface area contributed by atoms with Gasteiger partial charge >= 0.3 is 0 Å². The Morgan fingerprint density at radius 3 is 2.67 bits per heavy atom. The summed E-state index contributed by atoms with van der Waals surface area (Å²) in [7, 11) is 0. The Labute approximate surface area is 109 Å². The second-order valence-corrected chi connectivity index (χ2v) is 4.77. The van der Waals surface area contributed by atoms with E-state index in [1.807, 2.05) is 0 Å². The fraction of sp³-hybridized carbons (Fsp3) is 0.500. The molecule has 15 heavy (non-hydrogen) atoms. The van der Waals surface area contributed by atoms with Crippen molar-refractivity contribution in [2.24, 2.45) is 0 Å². The molecule has 5 heteroatoms. The van der Waals surface area contributed by atoms with Gasteiger partial charge in [-0.3, -0.25) is 0 Å². The number of nitrogens with zero attached hydrogens (tertiary/aromatic N) is 2. The standard InChI is InChI=1S/C10H13BrCl2N2/c1-2-4-15(5-3-11)10-9(13)6-8(12)7-14-10/h6-7H,2-5H2,1H3. The molecule has 1 heterocycles. The van der Waals surface area contributed by atoms with Gasteiger partial charge in [0, 0.05) is 24.6 Å². The molecular weight excluding hydrogens is 299 g/mol. The molecule has 0 aliphatic rings. The van der Waals surface area contributed by atoms with E-state index in [9.17, 15) is 0 Å². The van der Waals surface area contributed by atoms with Gasteiger partial charge in [-0.2, -0.15) is 0 Å². The van der Waals surface area contributed by atoms with Gasteiger partial charge in [-0.25, -0.2) is 4.98 Å². The number of rotatable bonds is 5. The minimum atomic E-state index is 0.569. The maximum atomic E-state index is 6.09. The minimum absolute atomic E-state index is 0.569. The number of hydrogen-bond donors (Lipinski definition) is 0. The van der Waals surface area contributed by atoms with Gasteiger partial charge in [0.15, 0.2) is 0 Å². The summed E-state index contributed by atoms with van der Waals surface area (Å²) in [6.07, 6.45) is 2.69. The average molecular weight is 312 g/mol. The van der Waals surface area contributed by atoms with Crippen molar-refractivity contribution in [1.29, 1.82) is 0 Å². The molecule has 2 nitrogen and oxygen atoms in total. The molecule has 0 saturated carbocycles. The molecule has 0 amide bonds. The van der Waals surface area contributed by atoms with Crippen molar-refractivity contribution in [3.63, 3.8) is 0 Å². The number of alkyl halides is 1. The molecule has 0 saturated heterocycles. The summed E-state index contributed by atoms with van der Waals surface area (Å²) >= 11 is 15.3. The number of aromatic nitrogens is 1. The molecule has 0 aliphatic heterocycles. The van der Waals surface area contributed by atoms with Gasteiger partial charge in [0.25, 0.3) is 0 Å². The lowest BCUT2D eigenvalue weighted by atomic mass is 10.3. The van der Waals surface area contributed by atoms with Crippen LogP contribution < -0.4 is 4.90 Å². The highest BCUT2D eigenvalue weighted by molar-refractivity contribution is 9.09. The van der Waals surface area contributed by atoms with Gasteiger partial charge in [0.2, 0.25) is 0 Å². The Balaban J connectivity index is 2.89. The van der Waals surface area contributed by atoms with Crippen LogP contribution in [-0.4, -0.2) is 23.4 Å². The van der Waals surface area contributed by atoms with Crippen LogP contribution in [0.25, 0.3) is 0 Å². The molecule has 0 aliphatic carbocycles. The van der Waals surface area contributed by atoms with Gasteiger partial charge in [-0.1, -0.05) is 46.1 Å². The fourth-order valence-corrected chi connectivity index (χ4v) is 2.26. The van der Waals surface area contributed by atoms with Crippen LogP contribution in [0.4, 0.5) is 5.82 Å². The predicted molar refractivity (Wildman–Crippen MR) is 70.6 cm³/mol. The lowest BCUT2D eigenvalue weighted by Gasteiger charge is -2.23. The van der Waals surface area contributed by atoms with Crippen molar-refractivity contribution in [2.45, 2.75) is 13.3 Å². The smallest absolute Gasteiger partial charge is 0.147 e. The van der Waals surface area contributed by atoms with Crippen molar-refractivity contribution >= 4 is 44.9 Å². The van der Waals surface area contributed by atoms with E-state index < -0.39 is 0 Å². The summed E-state index contributed by atoms with van der Waals surface area (Å²) in [4.78, 5) is 6.40. The highest BCUT2D eigenvalue weighted by Crippen LogP contribution is 2.26. The number of halogens is 3. The molecule has 0 aromatic carbocycles. The van der Waals surface area contributed by atoms with Crippen LogP contribution in [0.2, 0.25) is 10.0 Å². The van der Waals surface area contributed by atoms with E-state index in [0.29, 0.717) is 10.0 Å². The first kappa shape index (κ1) is 13.1. The second kappa shape index (κ2) is 6.56. The second-order valence-electron chi connectivity index (χ2n) is 3.13. The maximum Gasteiger partial charge on any atom is 0.147 e. The summed E-state index contributed by atoms with van der Waals surface area (Å²) in [5.74, 6) is 0.808. The van der Waals surface area contributed by atoms with Gasteiger partial charge in [-0.05, 0) is 12.5 Å². The Morgan fingerprint density at radius 2 is 2.13 bits per heavy atom. The quantitative estimate of drug-likeness (QED) is 0.764. The number of anilines is 1. The van der Waals surface area contributed by atoms with Crippen molar-refractivity contribution in [2.75, 3.05) is 23.3 Å². The van der Waals surface area contributed by atoms with Gasteiger partial charge in [0.1, 0.15) is 5.82 Å². The highest BCUT2D eigenvalue weighted by Gasteiger charge is 2.10. The number of pyridine rings is 1. The Morgan fingerprint density at radius 1 is 1.40 bits per heavy atom. The highest BCUT2D eigenvalue weighted by atomic mass is 79.9. The summed E-state index contributed by atoms with van der Waals surface area (Å²) in [6, 6.07) is 1.72. The zero-order valence-corrected chi connectivity index (χ0v) is 11.6. The molecule has 0 spiro atoms. The molecule has 0 fully saturated rings. The van der Waals surface area contributed by atoms with E-state index in [0.717, 1.165) is 30.7 Å². The van der Waals surface area contributed by atoms with Gasteiger partial charge in [-0.15, -0.1) is 0 Å². The number of hydrogen-bond acceptors (Lipinski definition) is 2. The minimum Gasteiger partial charge on any atom is -0.355 e. The molecule has 1 aromatic rings. The van der Waals surface area contributed by atoms with E-state index >= 15 is 0 Å². The lowest BCUT2D eigenvalue weighted by molar-refractivity contribution is 0.784. The van der Waals surface area contributed by atoms with Crippen LogP contribution in [0.5, 0.6) is 0 Å². The predicted octanol–water partition coefficient (Wildman–Crippen LogP) is 4.00. The zero-order chi connectivity index (χ0) is 11.3. The Bertz CT molecular complexity index is 314. The first-order valence-corrected chi connectivity index (χ1v) is 6.68. The maximum absolute atomic E-state index is 6.09. The summed E-state index contributed by atoms with van der Waals surface area (Å²) < 4.78 is 0. The van der Waals surface area contributed by atoms with Crippen molar-refractivity contribution in [1.82, 2.24) is 4.98 Å². The van der Waals surface area contributed by atoms with E-state index in [1.165, 1.54) is 0 Å². The topological polar surface area (TPSA) is 16.1 Å². The summed E-state index contributed by atoms with van der Waals surface area (Å²) in [6.45, 7) is 3.97. The monoisotopic (exact) mass is 310 g/mol. The first-order chi connectivity index (χ1) is 7.19. The Kier molecular flexibility index (Phi) is 5.72. The third-order valence-corrected chi connectivity index (χ3v) is 2.78. The molecule has 0 N–H and O–H groups in total. The van der Waals surface area contributed by atoms with Crippen LogP contribution in [0.15, 0.2) is 12.3 Å². The van der Waals surface area contributed by atoms with Crippen LogP contribution in [0.1, 0.15) is 13.3 Å². The van der Waals surface area contributed by atoms with Crippen molar-refractivity contribution in [3.8, 4) is 0 Å². The van der Waals surface area contributed by atoms with E-state index in [-0.39, 0.29) is 0 Å². The van der Waals surface area contributed by atoms with E-state index in [1.54, 1.807) is 12.3 Å². The van der Waals surface area contributed by atoms with Crippen LogP contribution >= 0.6 is 39.1 Å².